The van der Waals surface area contributed by atoms with E-state index in [1.807, 2.05) is 0 Å². The van der Waals surface area contributed by atoms with Crippen LogP contribution in [-0.2, 0) is 0 Å². The molecule has 1 fully saturated rings. The Morgan fingerprint density at radius 1 is 1.27 bits per heavy atom. The molecule has 1 aliphatic heterocycles. The molecule has 0 amide bonds. The van der Waals surface area contributed by atoms with Gasteiger partial charge < -0.3 is 10.4 Å². The van der Waals surface area contributed by atoms with Gasteiger partial charge in [-0.15, -0.1) is 24.8 Å². The average Bonchev–Trinajstić information content (AvgIpc) is 2.41. The Morgan fingerprint density at radius 3 is 2.41 bits per heavy atom. The van der Waals surface area contributed by atoms with E-state index in [2.05, 4.69) is 24.1 Å². The van der Waals surface area contributed by atoms with Gasteiger partial charge in [0.25, 0.3) is 0 Å². The third-order valence-electron chi connectivity index (χ3n) is 3.70. The fraction of sp³-hybridized carbons (Fsp3) is 0.600. The lowest BCUT2D eigenvalue weighted by Gasteiger charge is -2.36. The smallest absolute Gasteiger partial charge is 0.166 e. The molecule has 1 saturated heterocycles. The molecule has 0 spiro atoms. The third kappa shape index (κ3) is 5.43. The maximum Gasteiger partial charge on any atom is 0.166 e. The number of nitrogens with one attached hydrogen (secondary N) is 1. The van der Waals surface area contributed by atoms with E-state index in [-0.39, 0.29) is 36.6 Å². The lowest BCUT2D eigenvalue weighted by atomic mass is 9.94. The van der Waals surface area contributed by atoms with Crippen LogP contribution in [0.25, 0.3) is 0 Å². The second-order valence-corrected chi connectivity index (χ2v) is 6.19. The molecule has 0 aromatic heterocycles. The summed E-state index contributed by atoms with van der Waals surface area (Å²) < 4.78 is 13.7. The van der Waals surface area contributed by atoms with Gasteiger partial charge >= 0.3 is 0 Å². The van der Waals surface area contributed by atoms with Crippen molar-refractivity contribution in [2.75, 3.05) is 26.2 Å². The first-order valence-electron chi connectivity index (χ1n) is 7.11. The van der Waals surface area contributed by atoms with Crippen LogP contribution in [0, 0.1) is 11.7 Å². The zero-order chi connectivity index (χ0) is 14.7. The number of piperazine rings is 1. The molecule has 0 radical (unpaired) electrons. The van der Waals surface area contributed by atoms with Crippen molar-refractivity contribution in [3.8, 4) is 5.75 Å². The lowest BCUT2D eigenvalue weighted by molar-refractivity contribution is 0.151. The van der Waals surface area contributed by atoms with Crippen molar-refractivity contribution < 1.29 is 9.50 Å². The molecule has 3 nitrogen and oxygen atoms in total. The first kappa shape index (κ1) is 21.7. The highest BCUT2D eigenvalue weighted by Gasteiger charge is 2.26. The summed E-state index contributed by atoms with van der Waals surface area (Å²) in [6.07, 6.45) is 0.868. The van der Waals surface area contributed by atoms with Crippen LogP contribution in [0.3, 0.4) is 0 Å². The van der Waals surface area contributed by atoms with Crippen LogP contribution < -0.4 is 5.32 Å². The molecule has 22 heavy (non-hydrogen) atoms. The minimum Gasteiger partial charge on any atom is -0.505 e. The minimum atomic E-state index is -0.642. The van der Waals surface area contributed by atoms with Crippen molar-refractivity contribution in [3.05, 3.63) is 28.5 Å². The monoisotopic (exact) mass is 372 g/mol. The Bertz CT molecular complexity index is 468. The molecule has 128 valence electrons. The molecule has 1 aromatic carbocycles. The molecule has 1 atom stereocenters. The zero-order valence-electron chi connectivity index (χ0n) is 12.8. The van der Waals surface area contributed by atoms with Gasteiger partial charge in [-0.1, -0.05) is 25.4 Å². The Kier molecular flexibility index (Phi) is 9.67. The molecule has 0 bridgehead atoms. The first-order valence-corrected chi connectivity index (χ1v) is 7.49. The van der Waals surface area contributed by atoms with Gasteiger partial charge in [-0.2, -0.15) is 0 Å². The second kappa shape index (κ2) is 9.78. The Balaban J connectivity index is 0.00000220. The number of rotatable bonds is 4. The van der Waals surface area contributed by atoms with E-state index >= 15 is 0 Å². The highest BCUT2D eigenvalue weighted by Crippen LogP contribution is 2.37. The lowest BCUT2D eigenvalue weighted by Crippen LogP contribution is -2.45. The van der Waals surface area contributed by atoms with Crippen molar-refractivity contribution in [3.63, 3.8) is 0 Å². The van der Waals surface area contributed by atoms with Gasteiger partial charge in [0.1, 0.15) is 0 Å². The van der Waals surface area contributed by atoms with Crippen LogP contribution in [0.4, 0.5) is 4.39 Å². The maximum absolute atomic E-state index is 13.7. The minimum absolute atomic E-state index is 0. The van der Waals surface area contributed by atoms with Crippen LogP contribution >= 0.6 is 36.4 Å². The van der Waals surface area contributed by atoms with E-state index in [4.69, 9.17) is 11.6 Å². The summed E-state index contributed by atoms with van der Waals surface area (Å²) >= 11 is 5.96. The average molecular weight is 374 g/mol. The van der Waals surface area contributed by atoms with Crippen molar-refractivity contribution in [1.29, 1.82) is 0 Å². The molecule has 7 heteroatoms. The fourth-order valence-electron chi connectivity index (χ4n) is 2.75. The van der Waals surface area contributed by atoms with Crippen molar-refractivity contribution >= 4 is 36.4 Å². The highest BCUT2D eigenvalue weighted by molar-refractivity contribution is 6.30. The molecular weight excluding hydrogens is 350 g/mol. The van der Waals surface area contributed by atoms with Crippen LogP contribution in [0.15, 0.2) is 12.1 Å². The zero-order valence-corrected chi connectivity index (χ0v) is 15.2. The van der Waals surface area contributed by atoms with Gasteiger partial charge in [-0.25, -0.2) is 4.39 Å². The summed E-state index contributed by atoms with van der Waals surface area (Å²) in [5, 5.41) is 13.7. The number of benzene rings is 1. The largest absolute Gasteiger partial charge is 0.505 e. The van der Waals surface area contributed by atoms with Crippen molar-refractivity contribution in [2.24, 2.45) is 5.92 Å². The van der Waals surface area contributed by atoms with E-state index in [9.17, 15) is 9.50 Å². The van der Waals surface area contributed by atoms with Crippen LogP contribution in [-0.4, -0.2) is 36.2 Å². The van der Waals surface area contributed by atoms with E-state index < -0.39 is 5.82 Å². The predicted octanol–water partition coefficient (Wildman–Crippen LogP) is 4.02. The van der Waals surface area contributed by atoms with Gasteiger partial charge in [-0.3, -0.25) is 4.90 Å². The summed E-state index contributed by atoms with van der Waals surface area (Å²) in [5.74, 6) is -0.452. The number of hydrogen-bond acceptors (Lipinski definition) is 3. The summed E-state index contributed by atoms with van der Waals surface area (Å²) in [6.45, 7) is 7.88. The quantitative estimate of drug-likeness (QED) is 0.836. The molecule has 1 heterocycles. The molecular formula is C15H24Cl3FN2O. The first-order chi connectivity index (χ1) is 9.49. The van der Waals surface area contributed by atoms with Gasteiger partial charge in [0, 0.05) is 42.8 Å². The SMILES string of the molecule is CC(C)C[C@@H](c1cc(Cl)cc(F)c1O)N1CCNCC1.Cl.Cl. The summed E-state index contributed by atoms with van der Waals surface area (Å²) in [6, 6.07) is 2.85. The van der Waals surface area contributed by atoms with Crippen LogP contribution in [0.2, 0.25) is 5.02 Å². The van der Waals surface area contributed by atoms with Gasteiger partial charge in [0.15, 0.2) is 11.6 Å². The topological polar surface area (TPSA) is 35.5 Å². The normalized spacial score (nSPS) is 16.8. The standard InChI is InChI=1S/C15H22ClFN2O.2ClH/c1-10(2)7-14(19-5-3-18-4-6-19)12-8-11(16)9-13(17)15(12)20;;/h8-10,14,18,20H,3-7H2,1-2H3;2*1H/t14-;;/m0../s1. The Morgan fingerprint density at radius 2 is 1.86 bits per heavy atom. The van der Waals surface area contributed by atoms with Crippen LogP contribution in [0.5, 0.6) is 5.75 Å². The second-order valence-electron chi connectivity index (χ2n) is 5.76. The van der Waals surface area contributed by atoms with Crippen molar-refractivity contribution in [2.45, 2.75) is 26.3 Å². The summed E-state index contributed by atoms with van der Waals surface area (Å²) in [4.78, 5) is 2.29. The van der Waals surface area contributed by atoms with Crippen LogP contribution in [0.1, 0.15) is 31.9 Å². The summed E-state index contributed by atoms with van der Waals surface area (Å²) in [5.41, 5.74) is 0.602. The van der Waals surface area contributed by atoms with Gasteiger partial charge in [0.2, 0.25) is 0 Å². The van der Waals surface area contributed by atoms with E-state index in [0.717, 1.165) is 38.7 Å². The van der Waals surface area contributed by atoms with Crippen molar-refractivity contribution in [1.82, 2.24) is 10.2 Å². The predicted molar refractivity (Wildman–Crippen MR) is 94.2 cm³/mol. The number of aromatic hydroxyl groups is 1. The number of phenols is 1. The molecule has 0 saturated carbocycles. The van der Waals surface area contributed by atoms with E-state index in [0.29, 0.717) is 16.5 Å². The number of halogens is 4. The molecule has 1 aromatic rings. The molecule has 0 aliphatic carbocycles. The molecule has 2 N–H and O–H groups in total. The van der Waals surface area contributed by atoms with Gasteiger partial charge in [0.05, 0.1) is 0 Å². The fourth-order valence-corrected chi connectivity index (χ4v) is 2.97. The highest BCUT2D eigenvalue weighted by atomic mass is 35.5. The molecule has 1 aliphatic rings. The molecule has 2 rings (SSSR count). The third-order valence-corrected chi connectivity index (χ3v) is 3.92. The Labute approximate surface area is 149 Å². The van der Waals surface area contributed by atoms with Gasteiger partial charge in [-0.05, 0) is 24.5 Å². The number of nitrogens with zero attached hydrogens (tertiary/aromatic N) is 1. The summed E-state index contributed by atoms with van der Waals surface area (Å²) in [7, 11) is 0. The number of phenolic OH excluding ortho intramolecular Hbond substituents is 1. The van der Waals surface area contributed by atoms with E-state index in [1.165, 1.54) is 0 Å². The number of hydrogen-bond donors (Lipinski definition) is 2. The molecule has 0 unspecified atom stereocenters. The maximum atomic E-state index is 13.7. The Hall–Kier alpha value is -0.260. The van der Waals surface area contributed by atoms with E-state index in [1.54, 1.807) is 6.07 Å².